The van der Waals surface area contributed by atoms with Gasteiger partial charge in [0.05, 0.1) is 25.7 Å². The van der Waals surface area contributed by atoms with Crippen LogP contribution in [0.2, 0.25) is 0 Å². The Morgan fingerprint density at radius 2 is 1.87 bits per heavy atom. The zero-order valence-corrected chi connectivity index (χ0v) is 24.5. The standard InChI is InChI=1S/C34H29FN2O9/c1-44-27-13-19(17-39)12-22-28-23(32(41)36-10-11-38)15-25(29(40)31(28)46-30(22)27)37(16-18-6-8-21(35)9-7-18)33(42)24-14-20-4-2-3-5-26(20)45-34(24)43/h2-9,12-15,17,25,28-29,31,38,40H,10-11,16H2,1H3,(H,36,41). The molecule has 3 N–H and O–H groups in total. The predicted octanol–water partition coefficient (Wildman–Crippen LogP) is 2.72. The molecule has 11 nitrogen and oxygen atoms in total. The smallest absolute Gasteiger partial charge is 0.349 e. The second kappa shape index (κ2) is 12.6. The average Bonchev–Trinajstić information content (AvgIpc) is 3.46. The zero-order chi connectivity index (χ0) is 32.5. The molecule has 4 atom stereocenters. The number of nitrogens with zero attached hydrogens (tertiary/aromatic N) is 1. The van der Waals surface area contributed by atoms with Gasteiger partial charge in [0.1, 0.15) is 35.5 Å². The van der Waals surface area contributed by atoms with Crippen LogP contribution in [0, 0.1) is 5.82 Å². The molecule has 0 saturated heterocycles. The van der Waals surface area contributed by atoms with E-state index in [0.717, 1.165) is 0 Å². The molecule has 2 amide bonds. The number of amides is 2. The van der Waals surface area contributed by atoms with E-state index in [-0.39, 0.29) is 53.5 Å². The number of methoxy groups -OCH3 is 1. The number of nitrogens with one attached hydrogen (secondary N) is 1. The van der Waals surface area contributed by atoms with Gasteiger partial charge in [-0.15, -0.1) is 0 Å². The molecule has 2 heterocycles. The van der Waals surface area contributed by atoms with Crippen molar-refractivity contribution in [2.45, 2.75) is 30.7 Å². The highest BCUT2D eigenvalue weighted by Crippen LogP contribution is 2.51. The fourth-order valence-corrected chi connectivity index (χ4v) is 6.02. The first-order valence-electron chi connectivity index (χ1n) is 14.4. The predicted molar refractivity (Wildman–Crippen MR) is 162 cm³/mol. The van der Waals surface area contributed by atoms with Gasteiger partial charge in [-0.3, -0.25) is 14.4 Å². The Labute approximate surface area is 261 Å². The molecular weight excluding hydrogens is 599 g/mol. The van der Waals surface area contributed by atoms with E-state index in [1.807, 2.05) is 0 Å². The summed E-state index contributed by atoms with van der Waals surface area (Å²) in [7, 11) is 1.39. The molecule has 1 aliphatic carbocycles. The molecule has 236 valence electrons. The summed E-state index contributed by atoms with van der Waals surface area (Å²) in [6.07, 6.45) is -0.562. The number of hydrogen-bond donors (Lipinski definition) is 3. The van der Waals surface area contributed by atoms with Gasteiger partial charge in [-0.1, -0.05) is 30.3 Å². The summed E-state index contributed by atoms with van der Waals surface area (Å²) in [5, 5.41) is 24.4. The topological polar surface area (TPSA) is 156 Å². The van der Waals surface area contributed by atoms with E-state index >= 15 is 0 Å². The van der Waals surface area contributed by atoms with Gasteiger partial charge in [0.25, 0.3) is 5.91 Å². The number of ether oxygens (including phenoxy) is 2. The highest BCUT2D eigenvalue weighted by Gasteiger charge is 2.51. The van der Waals surface area contributed by atoms with Gasteiger partial charge in [0.2, 0.25) is 5.91 Å². The summed E-state index contributed by atoms with van der Waals surface area (Å²) in [5.41, 5.74) is 0.294. The lowest BCUT2D eigenvalue weighted by molar-refractivity contribution is -0.118. The van der Waals surface area contributed by atoms with Crippen LogP contribution >= 0.6 is 0 Å². The van der Waals surface area contributed by atoms with E-state index in [4.69, 9.17) is 13.9 Å². The first-order valence-corrected chi connectivity index (χ1v) is 14.4. The number of para-hydroxylation sites is 1. The van der Waals surface area contributed by atoms with Gasteiger partial charge >= 0.3 is 5.63 Å². The molecule has 46 heavy (non-hydrogen) atoms. The number of hydrogen-bond acceptors (Lipinski definition) is 9. The van der Waals surface area contributed by atoms with E-state index in [2.05, 4.69) is 5.32 Å². The van der Waals surface area contributed by atoms with Crippen LogP contribution in [0.3, 0.4) is 0 Å². The number of aliphatic hydroxyl groups excluding tert-OH is 2. The van der Waals surface area contributed by atoms with Crippen LogP contribution in [0.5, 0.6) is 11.5 Å². The molecule has 0 bridgehead atoms. The van der Waals surface area contributed by atoms with Crippen LogP contribution in [-0.2, 0) is 11.3 Å². The van der Waals surface area contributed by atoms with Gasteiger partial charge in [0.15, 0.2) is 11.5 Å². The molecule has 1 aliphatic heterocycles. The fourth-order valence-electron chi connectivity index (χ4n) is 6.02. The number of halogens is 1. The maximum atomic E-state index is 14.3. The minimum absolute atomic E-state index is 0.0808. The van der Waals surface area contributed by atoms with Crippen molar-refractivity contribution < 1.29 is 42.9 Å². The summed E-state index contributed by atoms with van der Waals surface area (Å²) >= 11 is 0. The van der Waals surface area contributed by atoms with Crippen molar-refractivity contribution in [3.63, 3.8) is 0 Å². The van der Waals surface area contributed by atoms with Gasteiger partial charge in [0, 0.05) is 35.2 Å². The third kappa shape index (κ3) is 5.52. The monoisotopic (exact) mass is 628 g/mol. The van der Waals surface area contributed by atoms with E-state index in [1.54, 1.807) is 24.3 Å². The molecule has 0 radical (unpaired) electrons. The van der Waals surface area contributed by atoms with Gasteiger partial charge in [-0.2, -0.15) is 0 Å². The highest BCUT2D eigenvalue weighted by molar-refractivity contribution is 5.99. The second-order valence-corrected chi connectivity index (χ2v) is 10.9. The molecule has 6 rings (SSSR count). The summed E-state index contributed by atoms with van der Waals surface area (Å²) in [5.74, 6) is -2.37. The average molecular weight is 629 g/mol. The molecule has 4 unspecified atom stereocenters. The quantitative estimate of drug-likeness (QED) is 0.187. The molecule has 0 saturated carbocycles. The summed E-state index contributed by atoms with van der Waals surface area (Å²) in [6, 6.07) is 15.2. The van der Waals surface area contributed by atoms with Crippen LogP contribution < -0.4 is 20.4 Å². The van der Waals surface area contributed by atoms with Crippen LogP contribution in [-0.4, -0.2) is 71.7 Å². The van der Waals surface area contributed by atoms with E-state index in [1.165, 1.54) is 60.6 Å². The van der Waals surface area contributed by atoms with E-state index in [9.17, 15) is 33.8 Å². The number of carbonyl (C=O) groups excluding carboxylic acids is 3. The van der Waals surface area contributed by atoms with E-state index < -0.39 is 47.4 Å². The minimum atomic E-state index is -1.46. The van der Waals surface area contributed by atoms with Crippen molar-refractivity contribution in [2.24, 2.45) is 0 Å². The lowest BCUT2D eigenvalue weighted by Crippen LogP contribution is -2.55. The summed E-state index contributed by atoms with van der Waals surface area (Å²) in [4.78, 5) is 53.9. The van der Waals surface area contributed by atoms with Crippen molar-refractivity contribution in [3.05, 3.63) is 117 Å². The molecular formula is C34H29FN2O9. The number of fused-ring (bicyclic) bond motifs is 4. The summed E-state index contributed by atoms with van der Waals surface area (Å²) in [6.45, 7) is -0.622. The zero-order valence-electron chi connectivity index (χ0n) is 24.5. The van der Waals surface area contributed by atoms with Crippen LogP contribution in [0.1, 0.15) is 37.8 Å². The Kier molecular flexibility index (Phi) is 8.39. The van der Waals surface area contributed by atoms with Gasteiger partial charge in [-0.05, 0) is 48.0 Å². The Balaban J connectivity index is 1.50. The Hall–Kier alpha value is -5.33. The maximum absolute atomic E-state index is 14.3. The molecule has 2 aliphatic rings. The number of carbonyl (C=O) groups is 3. The van der Waals surface area contributed by atoms with Crippen LogP contribution in [0.4, 0.5) is 4.39 Å². The van der Waals surface area contributed by atoms with Gasteiger partial charge in [-0.25, -0.2) is 9.18 Å². The fraction of sp³-hybridized carbons (Fsp3) is 0.235. The van der Waals surface area contributed by atoms with Crippen molar-refractivity contribution in [1.82, 2.24) is 10.2 Å². The first kappa shape index (κ1) is 30.7. The third-order valence-electron chi connectivity index (χ3n) is 8.17. The third-order valence-corrected chi connectivity index (χ3v) is 8.17. The van der Waals surface area contributed by atoms with Gasteiger partial charge < -0.3 is 34.3 Å². The Morgan fingerprint density at radius 1 is 1.11 bits per heavy atom. The second-order valence-electron chi connectivity index (χ2n) is 10.9. The molecule has 0 fully saturated rings. The Bertz CT molecular complexity index is 1920. The number of aldehydes is 1. The highest BCUT2D eigenvalue weighted by atomic mass is 19.1. The number of aliphatic hydroxyl groups is 2. The summed E-state index contributed by atoms with van der Waals surface area (Å²) < 4.78 is 30.9. The maximum Gasteiger partial charge on any atom is 0.349 e. The molecule has 0 spiro atoms. The molecule has 12 heteroatoms. The lowest BCUT2D eigenvalue weighted by Gasteiger charge is -2.40. The first-order chi connectivity index (χ1) is 22.2. The molecule has 4 aromatic rings. The number of benzene rings is 3. The van der Waals surface area contributed by atoms with E-state index in [0.29, 0.717) is 22.8 Å². The largest absolute Gasteiger partial charge is 0.493 e. The van der Waals surface area contributed by atoms with Crippen molar-refractivity contribution in [3.8, 4) is 11.5 Å². The normalized spacial score (nSPS) is 19.8. The van der Waals surface area contributed by atoms with Crippen molar-refractivity contribution in [2.75, 3.05) is 20.3 Å². The number of rotatable bonds is 9. The van der Waals surface area contributed by atoms with Crippen LogP contribution in [0.15, 0.2) is 87.6 Å². The SMILES string of the molecule is COc1cc(C=O)cc2c1OC1C2C(C(=O)NCCO)=CC(N(Cc2ccc(F)cc2)C(=O)c2cc3ccccc3oc2=O)C1O. The molecule has 3 aromatic carbocycles. The lowest BCUT2D eigenvalue weighted by atomic mass is 9.77. The molecule has 1 aromatic heterocycles. The van der Waals surface area contributed by atoms with Crippen LogP contribution in [0.25, 0.3) is 11.0 Å². The van der Waals surface area contributed by atoms with Crippen molar-refractivity contribution in [1.29, 1.82) is 0 Å². The Morgan fingerprint density at radius 3 is 2.59 bits per heavy atom. The minimum Gasteiger partial charge on any atom is -0.493 e. The van der Waals surface area contributed by atoms with Crippen molar-refractivity contribution >= 4 is 29.1 Å².